The summed E-state index contributed by atoms with van der Waals surface area (Å²) >= 11 is 0. The maximum absolute atomic E-state index is 13.1. The number of pyridine rings is 1. The Morgan fingerprint density at radius 1 is 1.64 bits per heavy atom. The molecule has 68 valence electrons. The van der Waals surface area contributed by atoms with Gasteiger partial charge in [-0.15, -0.1) is 0 Å². The predicted octanol–water partition coefficient (Wildman–Crippen LogP) is 1.16. The van der Waals surface area contributed by atoms with Crippen LogP contribution in [-0.4, -0.2) is 15.9 Å². The maximum atomic E-state index is 13.1. The number of hydrogen-bond donors (Lipinski definition) is 0. The Hall–Kier alpha value is -2.22. The highest BCUT2D eigenvalue weighted by atomic mass is 19.1. The lowest BCUT2D eigenvalue weighted by atomic mass is 10.2. The molecule has 0 aliphatic heterocycles. The van der Waals surface area contributed by atoms with E-state index < -0.39 is 5.82 Å². The monoisotopic (exact) mass is 189 g/mol. The average molecular weight is 189 g/mol. The molecule has 0 fully saturated rings. The summed E-state index contributed by atoms with van der Waals surface area (Å²) < 4.78 is 14.3. The van der Waals surface area contributed by atoms with Crippen LogP contribution < -0.4 is 0 Å². The minimum atomic E-state index is -0.652. The number of carbonyl (C=O) groups excluding carboxylic acids is 1. The van der Waals surface area contributed by atoms with Crippen molar-refractivity contribution < 1.29 is 9.18 Å². The van der Waals surface area contributed by atoms with Crippen molar-refractivity contribution in [3.8, 4) is 6.07 Å². The van der Waals surface area contributed by atoms with Gasteiger partial charge in [0.15, 0.2) is 12.1 Å². The van der Waals surface area contributed by atoms with Crippen molar-refractivity contribution in [2.75, 3.05) is 0 Å². The standard InChI is InChI=1S/C9H4FN3O/c10-8-4-13-9(1-6(8)2-11)7(5-14)3-12-13/h1,3-5H. The zero-order valence-corrected chi connectivity index (χ0v) is 6.94. The van der Waals surface area contributed by atoms with Crippen LogP contribution in [-0.2, 0) is 0 Å². The molecule has 14 heavy (non-hydrogen) atoms. The molecule has 0 bridgehead atoms. The number of nitriles is 1. The van der Waals surface area contributed by atoms with Gasteiger partial charge in [0.1, 0.15) is 6.07 Å². The molecule has 0 aliphatic carbocycles. The quantitative estimate of drug-likeness (QED) is 0.632. The highest BCUT2D eigenvalue weighted by molar-refractivity contribution is 5.85. The third-order valence-corrected chi connectivity index (χ3v) is 1.89. The number of carbonyl (C=O) groups is 1. The minimum absolute atomic E-state index is 0.0962. The second-order valence-electron chi connectivity index (χ2n) is 2.69. The summed E-state index contributed by atoms with van der Waals surface area (Å²) in [6, 6.07) is 2.99. The fourth-order valence-corrected chi connectivity index (χ4v) is 1.20. The SMILES string of the molecule is N#Cc1cc2c(C=O)cnn2cc1F. The lowest BCUT2D eigenvalue weighted by Gasteiger charge is -1.95. The Balaban J connectivity index is 2.85. The van der Waals surface area contributed by atoms with Gasteiger partial charge in [-0.2, -0.15) is 10.4 Å². The average Bonchev–Trinajstić information content (AvgIpc) is 2.58. The Morgan fingerprint density at radius 3 is 3.07 bits per heavy atom. The zero-order valence-electron chi connectivity index (χ0n) is 6.94. The van der Waals surface area contributed by atoms with Gasteiger partial charge in [-0.25, -0.2) is 8.91 Å². The predicted molar refractivity (Wildman–Crippen MR) is 45.3 cm³/mol. The number of aldehydes is 1. The van der Waals surface area contributed by atoms with Crippen LogP contribution in [0.1, 0.15) is 15.9 Å². The van der Waals surface area contributed by atoms with Crippen molar-refractivity contribution in [3.63, 3.8) is 0 Å². The van der Waals surface area contributed by atoms with Crippen LogP contribution in [0.2, 0.25) is 0 Å². The summed E-state index contributed by atoms with van der Waals surface area (Å²) in [5.74, 6) is -0.652. The molecular weight excluding hydrogens is 185 g/mol. The topological polar surface area (TPSA) is 58.2 Å². The van der Waals surface area contributed by atoms with Gasteiger partial charge >= 0.3 is 0 Å². The largest absolute Gasteiger partial charge is 0.298 e. The molecule has 2 rings (SSSR count). The van der Waals surface area contributed by atoms with Gasteiger partial charge in [0.05, 0.1) is 29.0 Å². The van der Waals surface area contributed by atoms with E-state index in [1.54, 1.807) is 6.07 Å². The molecule has 0 aliphatic rings. The van der Waals surface area contributed by atoms with E-state index in [2.05, 4.69) is 5.10 Å². The summed E-state index contributed by atoms with van der Waals surface area (Å²) in [6.45, 7) is 0. The maximum Gasteiger partial charge on any atom is 0.159 e. The van der Waals surface area contributed by atoms with Crippen LogP contribution >= 0.6 is 0 Å². The second kappa shape index (κ2) is 2.92. The molecule has 5 heteroatoms. The molecule has 2 heterocycles. The molecule has 4 nitrogen and oxygen atoms in total. The molecule has 0 spiro atoms. The first-order valence-corrected chi connectivity index (χ1v) is 3.78. The van der Waals surface area contributed by atoms with Gasteiger partial charge < -0.3 is 0 Å². The molecule has 0 aromatic carbocycles. The van der Waals surface area contributed by atoms with E-state index in [4.69, 9.17) is 5.26 Å². The normalized spacial score (nSPS) is 10.0. The second-order valence-corrected chi connectivity index (χ2v) is 2.69. The van der Waals surface area contributed by atoms with Crippen molar-refractivity contribution in [3.05, 3.63) is 35.4 Å². The van der Waals surface area contributed by atoms with E-state index in [9.17, 15) is 9.18 Å². The van der Waals surface area contributed by atoms with Crippen LogP contribution in [0, 0.1) is 17.1 Å². The van der Waals surface area contributed by atoms with E-state index in [0.29, 0.717) is 17.4 Å². The third-order valence-electron chi connectivity index (χ3n) is 1.89. The van der Waals surface area contributed by atoms with Crippen LogP contribution in [0.25, 0.3) is 5.52 Å². The van der Waals surface area contributed by atoms with Gasteiger partial charge in [-0.05, 0) is 6.07 Å². The van der Waals surface area contributed by atoms with Crippen LogP contribution in [0.15, 0.2) is 18.5 Å². The third kappa shape index (κ3) is 1.05. The first kappa shape index (κ1) is 8.38. The molecule has 0 amide bonds. The zero-order chi connectivity index (χ0) is 10.1. The highest BCUT2D eigenvalue weighted by Gasteiger charge is 2.08. The van der Waals surface area contributed by atoms with Crippen molar-refractivity contribution in [1.29, 1.82) is 5.26 Å². The summed E-state index contributed by atoms with van der Waals surface area (Å²) in [4.78, 5) is 10.5. The molecule has 0 atom stereocenters. The Kier molecular flexibility index (Phi) is 1.75. The smallest absolute Gasteiger partial charge is 0.159 e. The number of rotatable bonds is 1. The Morgan fingerprint density at radius 2 is 2.43 bits per heavy atom. The molecule has 0 saturated carbocycles. The molecule has 0 radical (unpaired) electrons. The lowest BCUT2D eigenvalue weighted by molar-refractivity contribution is 0.112. The van der Waals surface area contributed by atoms with Gasteiger partial charge in [-0.1, -0.05) is 0 Å². The van der Waals surface area contributed by atoms with Crippen LogP contribution in [0.5, 0.6) is 0 Å². The van der Waals surface area contributed by atoms with Crippen LogP contribution in [0.4, 0.5) is 4.39 Å². The van der Waals surface area contributed by atoms with E-state index in [1.165, 1.54) is 16.8 Å². The number of halogens is 1. The molecule has 0 saturated heterocycles. The molecule has 2 aromatic heterocycles. The summed E-state index contributed by atoms with van der Waals surface area (Å²) in [5.41, 5.74) is 0.667. The van der Waals surface area contributed by atoms with Gasteiger partial charge in [-0.3, -0.25) is 4.79 Å². The number of aromatic nitrogens is 2. The van der Waals surface area contributed by atoms with Gasteiger partial charge in [0.2, 0.25) is 0 Å². The molecule has 0 N–H and O–H groups in total. The molecule has 0 unspecified atom stereocenters. The first-order chi connectivity index (χ1) is 6.76. The summed E-state index contributed by atoms with van der Waals surface area (Å²) in [5, 5.41) is 12.3. The fraction of sp³-hybridized carbons (Fsp3) is 0. The van der Waals surface area contributed by atoms with Crippen molar-refractivity contribution in [2.24, 2.45) is 0 Å². The van der Waals surface area contributed by atoms with Crippen LogP contribution in [0.3, 0.4) is 0 Å². The Bertz CT molecular complexity index is 553. The number of fused-ring (bicyclic) bond motifs is 1. The van der Waals surface area contributed by atoms with E-state index in [-0.39, 0.29) is 5.56 Å². The Labute approximate surface area is 78.2 Å². The minimum Gasteiger partial charge on any atom is -0.298 e. The molecule has 2 aromatic rings. The van der Waals surface area contributed by atoms with E-state index in [0.717, 1.165) is 6.20 Å². The van der Waals surface area contributed by atoms with E-state index >= 15 is 0 Å². The highest BCUT2D eigenvalue weighted by Crippen LogP contribution is 2.13. The van der Waals surface area contributed by atoms with Crippen molar-refractivity contribution >= 4 is 11.8 Å². The van der Waals surface area contributed by atoms with Gasteiger partial charge in [0.25, 0.3) is 0 Å². The number of hydrogen-bond acceptors (Lipinski definition) is 3. The van der Waals surface area contributed by atoms with Crippen molar-refractivity contribution in [2.45, 2.75) is 0 Å². The fourth-order valence-electron chi connectivity index (χ4n) is 1.20. The number of nitrogens with zero attached hydrogens (tertiary/aromatic N) is 3. The molecular formula is C9H4FN3O. The lowest BCUT2D eigenvalue weighted by Crippen LogP contribution is -1.93. The first-order valence-electron chi connectivity index (χ1n) is 3.78. The van der Waals surface area contributed by atoms with Gasteiger partial charge in [0, 0.05) is 0 Å². The summed E-state index contributed by atoms with van der Waals surface area (Å²) in [6.07, 6.45) is 3.01. The van der Waals surface area contributed by atoms with Crippen molar-refractivity contribution in [1.82, 2.24) is 9.61 Å². The van der Waals surface area contributed by atoms with E-state index in [1.807, 2.05) is 0 Å². The summed E-state index contributed by atoms with van der Waals surface area (Å²) in [7, 11) is 0.